The van der Waals surface area contributed by atoms with Gasteiger partial charge in [0.2, 0.25) is 47.3 Å². The molecule has 0 aromatic carbocycles. The number of carbonyl (C=O) groups is 17. The van der Waals surface area contributed by atoms with Crippen LogP contribution in [0.5, 0.6) is 0 Å². The first-order valence-electron chi connectivity index (χ1n) is 53.8. The van der Waals surface area contributed by atoms with Crippen LogP contribution in [0.1, 0.15) is 368 Å². The van der Waals surface area contributed by atoms with Gasteiger partial charge in [0, 0.05) is 154 Å². The summed E-state index contributed by atoms with van der Waals surface area (Å²) >= 11 is 0. The van der Waals surface area contributed by atoms with Gasteiger partial charge in [-0.2, -0.15) is 5.26 Å². The van der Waals surface area contributed by atoms with Crippen LogP contribution in [0.25, 0.3) is 0 Å². The fourth-order valence-corrected chi connectivity index (χ4v) is 19.3. The molecule has 0 aromatic heterocycles. The van der Waals surface area contributed by atoms with Crippen molar-refractivity contribution in [3.63, 3.8) is 0 Å². The number of nitrogens with zero attached hydrogens (tertiary/aromatic N) is 2. The summed E-state index contributed by atoms with van der Waals surface area (Å²) in [7, 11) is -1.40. The van der Waals surface area contributed by atoms with E-state index in [4.69, 9.17) is 80.1 Å². The van der Waals surface area contributed by atoms with Crippen LogP contribution in [0.15, 0.2) is 0 Å². The first kappa shape index (κ1) is 134. The number of carbonyl (C=O) groups excluding carboxylic acids is 17. The molecule has 0 bridgehead atoms. The lowest BCUT2D eigenvalue weighted by Crippen LogP contribution is -2.66. The second-order valence-electron chi connectivity index (χ2n) is 38.7. The predicted octanol–water partition coefficient (Wildman–Crippen LogP) is 10.8. The van der Waals surface area contributed by atoms with E-state index in [9.17, 15) is 86.8 Å². The average Bonchev–Trinajstić information content (AvgIpc) is 0.792. The monoisotopic (exact) mass is 2140 g/mol. The third kappa shape index (κ3) is 61.1. The van der Waals surface area contributed by atoms with Gasteiger partial charge in [0.25, 0.3) is 8.53 Å². The maximum atomic E-state index is 14.7. The summed E-state index contributed by atoms with van der Waals surface area (Å²) in [6.45, 7) is 24.0. The van der Waals surface area contributed by atoms with Crippen molar-refractivity contribution in [2.45, 2.75) is 484 Å². The van der Waals surface area contributed by atoms with Crippen LogP contribution >= 0.6 is 8.53 Å². The molecule has 8 amide bonds. The van der Waals surface area contributed by atoms with Crippen LogP contribution in [0.2, 0.25) is 0 Å². The lowest BCUT2D eigenvalue weighted by atomic mass is 9.96. The molecule has 0 radical (unpaired) electrons. The Morgan fingerprint density at radius 2 is 0.570 bits per heavy atom. The first-order valence-corrected chi connectivity index (χ1v) is 54.9. The molecular formula is C104H177N10O34P. The smallest absolute Gasteiger partial charge is 0.303 e. The van der Waals surface area contributed by atoms with Gasteiger partial charge in [-0.15, -0.1) is 0 Å². The van der Waals surface area contributed by atoms with Crippen molar-refractivity contribution in [2.75, 3.05) is 72.5 Å². The highest BCUT2D eigenvalue weighted by Gasteiger charge is 2.55. The molecule has 0 aliphatic carbocycles. The van der Waals surface area contributed by atoms with Gasteiger partial charge >= 0.3 is 53.7 Å². The van der Waals surface area contributed by atoms with Crippen LogP contribution in [0, 0.1) is 11.3 Å². The van der Waals surface area contributed by atoms with Gasteiger partial charge in [0.15, 0.2) is 55.5 Å². The Bertz CT molecular complexity index is 4010. The van der Waals surface area contributed by atoms with Crippen molar-refractivity contribution in [1.82, 2.24) is 47.2 Å². The highest BCUT2D eigenvalue weighted by atomic mass is 31.2. The zero-order valence-electron chi connectivity index (χ0n) is 91.3. The van der Waals surface area contributed by atoms with E-state index in [1.54, 1.807) is 0 Å². The molecule has 0 spiro atoms. The Morgan fingerprint density at radius 1 is 0.302 bits per heavy atom. The van der Waals surface area contributed by atoms with Crippen molar-refractivity contribution in [3.8, 4) is 6.07 Å². The lowest BCUT2D eigenvalue weighted by Gasteiger charge is -2.44. The highest BCUT2D eigenvalue weighted by Crippen LogP contribution is 2.46. The zero-order valence-corrected chi connectivity index (χ0v) is 92.1. The molecule has 149 heavy (non-hydrogen) atoms. The SMILES string of the molecule is CC(=O)NC1C(OCCCCCCCCCCCC(=O)NCCCCC(NC(=O)CCCCCCCCCCOC2OC(COC(C)=O)C(OC(C)=O)C(OC(C)=O)C2NC(C)=O)C(=O)NC(CCCCNC(=O)CCCCCCCCCCCOC2OC(COC(C)=O)C(OC(C)=O)C(OC(C)=O)C2NC(C)=O)C(=O)NCCCCCCOP(OCCC#N)N(C(C)C)C(C)C)OC(COC(C)=O)C(OC(C)=O)C1OC(C)=O. The molecule has 3 rings (SSSR count). The number of nitriles is 1. The van der Waals surface area contributed by atoms with Gasteiger partial charge in [-0.1, -0.05) is 141 Å². The molecule has 8 N–H and O–H groups in total. The van der Waals surface area contributed by atoms with Gasteiger partial charge < -0.3 is 123 Å². The van der Waals surface area contributed by atoms with Gasteiger partial charge in [-0.25, -0.2) is 4.67 Å². The molecule has 18 atom stereocenters. The minimum atomic E-state index is -1.40. The van der Waals surface area contributed by atoms with Crippen molar-refractivity contribution < 1.29 is 162 Å². The molecule has 44 nitrogen and oxygen atoms in total. The molecule has 0 saturated carbocycles. The Morgan fingerprint density at radius 3 is 0.872 bits per heavy atom. The third-order valence-electron chi connectivity index (χ3n) is 24.5. The maximum Gasteiger partial charge on any atom is 0.303 e. The molecule has 0 aromatic rings. The van der Waals surface area contributed by atoms with Gasteiger partial charge in [0.05, 0.1) is 25.7 Å². The van der Waals surface area contributed by atoms with E-state index in [-0.39, 0.29) is 102 Å². The number of hydrogen-bond donors (Lipinski definition) is 8. The molecule has 45 heteroatoms. The number of ether oxygens (including phenoxy) is 15. The second kappa shape index (κ2) is 79.5. The largest absolute Gasteiger partial charge is 0.463 e. The predicted molar refractivity (Wildman–Crippen MR) is 544 cm³/mol. The van der Waals surface area contributed by atoms with Crippen LogP contribution < -0.4 is 42.5 Å². The summed E-state index contributed by atoms with van der Waals surface area (Å²) in [6, 6.07) is -2.80. The van der Waals surface area contributed by atoms with E-state index in [2.05, 4.69) is 81.0 Å². The van der Waals surface area contributed by atoms with Crippen LogP contribution in [-0.2, 0) is 162 Å². The van der Waals surface area contributed by atoms with E-state index in [1.807, 2.05) is 0 Å². The van der Waals surface area contributed by atoms with E-state index in [0.717, 1.165) is 162 Å². The number of rotatable bonds is 81. The number of nitrogens with one attached hydrogen (secondary N) is 8. The Kier molecular flexibility index (Phi) is 71.4. The van der Waals surface area contributed by atoms with Crippen molar-refractivity contribution in [1.29, 1.82) is 5.26 Å². The minimum absolute atomic E-state index is 0.0960. The molecular weight excluding hydrogens is 1960 g/mol. The highest BCUT2D eigenvalue weighted by molar-refractivity contribution is 7.44. The number of amides is 8. The van der Waals surface area contributed by atoms with Gasteiger partial charge in [0.1, 0.15) is 68.3 Å². The fourth-order valence-electron chi connectivity index (χ4n) is 17.6. The van der Waals surface area contributed by atoms with E-state index in [1.165, 1.54) is 69.2 Å². The summed E-state index contributed by atoms with van der Waals surface area (Å²) in [5.41, 5.74) is 0. The fraction of sp³-hybridized carbons (Fsp3) is 0.827. The van der Waals surface area contributed by atoms with E-state index < -0.39 is 196 Å². The minimum Gasteiger partial charge on any atom is -0.463 e. The molecule has 3 saturated heterocycles. The summed E-state index contributed by atoms with van der Waals surface area (Å²) in [6.07, 6.45) is 13.8. The third-order valence-corrected chi connectivity index (χ3v) is 26.6. The average molecular weight is 2140 g/mol. The zero-order chi connectivity index (χ0) is 110. The van der Waals surface area contributed by atoms with Crippen LogP contribution in [0.4, 0.5) is 0 Å². The molecule has 3 aliphatic rings. The van der Waals surface area contributed by atoms with Gasteiger partial charge in [-0.3, -0.25) is 81.5 Å². The summed E-state index contributed by atoms with van der Waals surface area (Å²) in [5.74, 6) is -9.03. The summed E-state index contributed by atoms with van der Waals surface area (Å²) < 4.78 is 99.9. The molecule has 3 aliphatic heterocycles. The van der Waals surface area contributed by atoms with Crippen LogP contribution in [0.3, 0.4) is 0 Å². The molecule has 852 valence electrons. The van der Waals surface area contributed by atoms with Crippen molar-refractivity contribution >= 4 is 110 Å². The Balaban J connectivity index is 1.66. The van der Waals surface area contributed by atoms with Crippen LogP contribution in [-0.4, -0.2) is 294 Å². The lowest BCUT2D eigenvalue weighted by molar-refractivity contribution is -0.277. The number of hydrogen-bond acceptors (Lipinski definition) is 36. The normalized spacial score (nSPS) is 21.0. The second-order valence-corrected chi connectivity index (χ2v) is 40.1. The standard InChI is InChI=1S/C104H177N10O34P/c1-69(2)114(70(3)4)149(139-65-51-57-105)138-64-50-38-34-44-60-108-100(130)83(52-42-45-58-106-88(127)54-39-31-25-19-17-22-28-35-47-61-132-102-91(109-71(5)115)97(143-80(14)124)94(140-77(11)121)85(146-102)66-135-74(8)118)113-101(131)84(112-90(129)56-41-33-27-21-24-30-37-49-63-134-104-93(111-73(7)117)99(145-82(16)126)96(142-79(13)123)87(148-104)68-137-76(10)120)53-43-46-59-107-89(128)55-40-32-26-20-18-23-29-36-48-62-133-103-92(110-72(6)116)98(144-81(15)125)95(141-78(12)122)86(147-103)67-136-75(9)119/h69-70,83-87,91-99,102-104H,17-56,58-68H2,1-16H3,(H,106,127)(H,107,128)(H,108,130)(H,109,115)(H,110,116)(H,111,117)(H,112,129)(H,113,131). The summed E-state index contributed by atoms with van der Waals surface area (Å²) in [5, 5.41) is 32.4. The molecule has 3 fully saturated rings. The Hall–Kier alpha value is -9.45. The van der Waals surface area contributed by atoms with Gasteiger partial charge in [-0.05, 0) is 118 Å². The quantitative estimate of drug-likeness (QED) is 0.0121. The molecule has 18 unspecified atom stereocenters. The van der Waals surface area contributed by atoms with Crippen molar-refractivity contribution in [3.05, 3.63) is 0 Å². The molecule has 3 heterocycles. The maximum absolute atomic E-state index is 14.7. The topological polar surface area (TPSA) is 570 Å². The van der Waals surface area contributed by atoms with E-state index >= 15 is 0 Å². The van der Waals surface area contributed by atoms with Crippen molar-refractivity contribution in [2.24, 2.45) is 0 Å². The van der Waals surface area contributed by atoms with E-state index in [0.29, 0.717) is 110 Å². The number of esters is 9. The first-order chi connectivity index (χ1) is 71.1. The Labute approximate surface area is 881 Å². The number of unbranched alkanes of at least 4 members (excludes halogenated alkanes) is 28. The summed E-state index contributed by atoms with van der Waals surface area (Å²) in [4.78, 5) is 215.